The molecule has 6 rings (SSSR count). The number of ether oxygens (including phenoxy) is 1. The van der Waals surface area contributed by atoms with E-state index in [1.165, 1.54) is 20.0 Å². The van der Waals surface area contributed by atoms with Crippen molar-refractivity contribution in [1.82, 2.24) is 14.8 Å². The van der Waals surface area contributed by atoms with Crippen molar-refractivity contribution in [3.8, 4) is 22.6 Å². The van der Waals surface area contributed by atoms with Crippen molar-refractivity contribution in [3.05, 3.63) is 56.5 Å². The SMILES string of the molecule is COc1cc(-c2c3oc4c(C)c(=O)ccc4c3[nH]c3c2c(=O)[nH]n3C2CCCCCC2)ccc1O. The lowest BCUT2D eigenvalue weighted by Gasteiger charge is -2.17. The molecule has 3 N–H and O–H groups in total. The van der Waals surface area contributed by atoms with Crippen LogP contribution in [0.3, 0.4) is 0 Å². The van der Waals surface area contributed by atoms with E-state index < -0.39 is 0 Å². The second kappa shape index (κ2) is 8.08. The summed E-state index contributed by atoms with van der Waals surface area (Å²) in [6, 6.07) is 8.48. The standard InChI is InChI=1S/C27H27N3O5/c1-14-18(31)12-10-17-23-25(35-24(14)17)21(15-9-11-19(32)20(13-15)34-2)22-26(28-23)30(29-27(22)33)16-7-5-3-4-6-8-16/h9-13,16,28,32H,3-8H2,1-2H3,(H,29,33). The van der Waals surface area contributed by atoms with Crippen LogP contribution in [-0.2, 0) is 0 Å². The summed E-state index contributed by atoms with van der Waals surface area (Å²) in [6.07, 6.45) is 6.65. The van der Waals surface area contributed by atoms with Gasteiger partial charge in [-0.25, -0.2) is 0 Å². The molecule has 2 aromatic carbocycles. The highest BCUT2D eigenvalue weighted by atomic mass is 16.5. The first-order valence-electron chi connectivity index (χ1n) is 12.1. The normalized spacial score (nSPS) is 15.3. The highest BCUT2D eigenvalue weighted by Gasteiger charge is 2.26. The van der Waals surface area contributed by atoms with Crippen LogP contribution in [0.2, 0.25) is 0 Å². The van der Waals surface area contributed by atoms with E-state index >= 15 is 0 Å². The monoisotopic (exact) mass is 473 g/mol. The number of phenolic OH excluding ortho intramolecular Hbond substituents is 1. The van der Waals surface area contributed by atoms with E-state index in [1.54, 1.807) is 37.3 Å². The number of aromatic nitrogens is 3. The fourth-order valence-corrected chi connectivity index (χ4v) is 5.51. The van der Waals surface area contributed by atoms with Crippen LogP contribution in [0, 0.1) is 6.92 Å². The minimum Gasteiger partial charge on any atom is -0.504 e. The Morgan fingerprint density at radius 2 is 1.83 bits per heavy atom. The van der Waals surface area contributed by atoms with Crippen molar-refractivity contribution >= 4 is 33.1 Å². The number of nitrogens with zero attached hydrogens (tertiary/aromatic N) is 1. The predicted octanol–water partition coefficient (Wildman–Crippen LogP) is 5.50. The molecule has 0 spiro atoms. The van der Waals surface area contributed by atoms with Gasteiger partial charge in [-0.2, -0.15) is 0 Å². The zero-order chi connectivity index (χ0) is 24.3. The summed E-state index contributed by atoms with van der Waals surface area (Å²) in [7, 11) is 1.48. The molecular weight excluding hydrogens is 446 g/mol. The summed E-state index contributed by atoms with van der Waals surface area (Å²) >= 11 is 0. The van der Waals surface area contributed by atoms with Gasteiger partial charge in [0.1, 0.15) is 11.2 Å². The number of furan rings is 1. The third-order valence-electron chi connectivity index (χ3n) is 7.36. The number of aromatic amines is 2. The second-order valence-corrected chi connectivity index (χ2v) is 9.44. The van der Waals surface area contributed by atoms with Gasteiger partial charge in [0.2, 0.25) is 0 Å². The van der Waals surface area contributed by atoms with Crippen LogP contribution in [0.25, 0.3) is 44.2 Å². The van der Waals surface area contributed by atoms with Gasteiger partial charge in [-0.3, -0.25) is 19.4 Å². The maximum absolute atomic E-state index is 13.5. The number of nitrogens with one attached hydrogen (secondary N) is 2. The number of pyridine rings is 1. The van der Waals surface area contributed by atoms with Gasteiger partial charge in [0.25, 0.3) is 5.56 Å². The summed E-state index contributed by atoms with van der Waals surface area (Å²) in [5, 5.41) is 14.5. The van der Waals surface area contributed by atoms with Gasteiger partial charge in [-0.05, 0) is 49.6 Å². The van der Waals surface area contributed by atoms with Crippen molar-refractivity contribution in [2.24, 2.45) is 0 Å². The maximum Gasteiger partial charge on any atom is 0.274 e. The Morgan fingerprint density at radius 1 is 1.06 bits per heavy atom. The molecule has 0 saturated heterocycles. The smallest absolute Gasteiger partial charge is 0.274 e. The largest absolute Gasteiger partial charge is 0.504 e. The Labute approximate surface area is 200 Å². The number of phenols is 1. The summed E-state index contributed by atoms with van der Waals surface area (Å²) in [5.74, 6) is 0.304. The van der Waals surface area contributed by atoms with E-state index in [0.29, 0.717) is 44.6 Å². The van der Waals surface area contributed by atoms with E-state index in [9.17, 15) is 14.7 Å². The molecule has 8 heteroatoms. The second-order valence-electron chi connectivity index (χ2n) is 9.44. The lowest BCUT2D eigenvalue weighted by molar-refractivity contribution is 0.373. The molecule has 0 amide bonds. The van der Waals surface area contributed by atoms with Gasteiger partial charge in [0.05, 0.1) is 24.1 Å². The fraction of sp³-hybridized carbons (Fsp3) is 0.333. The molecule has 1 fully saturated rings. The van der Waals surface area contributed by atoms with Gasteiger partial charge in [0.15, 0.2) is 22.5 Å². The Kier molecular flexibility index (Phi) is 4.98. The third-order valence-corrected chi connectivity index (χ3v) is 7.36. The average Bonchev–Trinajstić information content (AvgIpc) is 3.25. The van der Waals surface area contributed by atoms with Crippen LogP contribution in [0.1, 0.15) is 50.1 Å². The first kappa shape index (κ1) is 21.6. The van der Waals surface area contributed by atoms with Gasteiger partial charge in [-0.15, -0.1) is 0 Å². The Bertz CT molecular complexity index is 1710. The van der Waals surface area contributed by atoms with Gasteiger partial charge in [-0.1, -0.05) is 31.7 Å². The van der Waals surface area contributed by atoms with Crippen molar-refractivity contribution in [2.45, 2.75) is 51.5 Å². The van der Waals surface area contributed by atoms with Crippen LogP contribution in [0.4, 0.5) is 0 Å². The molecular formula is C27H27N3O5. The molecule has 35 heavy (non-hydrogen) atoms. The van der Waals surface area contributed by atoms with Crippen molar-refractivity contribution in [2.75, 3.05) is 7.11 Å². The Hall–Kier alpha value is -3.94. The molecule has 1 aliphatic carbocycles. The molecule has 1 saturated carbocycles. The number of benzene rings is 2. The summed E-state index contributed by atoms with van der Waals surface area (Å²) < 4.78 is 13.6. The van der Waals surface area contributed by atoms with Crippen molar-refractivity contribution in [3.63, 3.8) is 0 Å². The van der Waals surface area contributed by atoms with Crippen LogP contribution in [0.5, 0.6) is 11.5 Å². The van der Waals surface area contributed by atoms with Crippen LogP contribution in [-0.4, -0.2) is 27.0 Å². The van der Waals surface area contributed by atoms with Crippen LogP contribution >= 0.6 is 0 Å². The number of hydrogen-bond acceptors (Lipinski definition) is 5. The quantitative estimate of drug-likeness (QED) is 0.299. The van der Waals surface area contributed by atoms with Crippen molar-refractivity contribution < 1.29 is 14.3 Å². The van der Waals surface area contributed by atoms with E-state index in [0.717, 1.165) is 36.6 Å². The molecule has 0 aliphatic heterocycles. The van der Waals surface area contributed by atoms with E-state index in [2.05, 4.69) is 10.1 Å². The highest BCUT2D eigenvalue weighted by molar-refractivity contribution is 6.14. The number of H-pyrrole nitrogens is 2. The van der Waals surface area contributed by atoms with Crippen molar-refractivity contribution in [1.29, 1.82) is 0 Å². The molecule has 0 radical (unpaired) electrons. The Morgan fingerprint density at radius 3 is 2.57 bits per heavy atom. The van der Waals surface area contributed by atoms with Crippen LogP contribution < -0.4 is 15.7 Å². The number of fused-ring (bicyclic) bond motifs is 4. The summed E-state index contributed by atoms with van der Waals surface area (Å²) in [4.78, 5) is 29.3. The number of methoxy groups -OCH3 is 1. The van der Waals surface area contributed by atoms with E-state index in [1.807, 2.05) is 4.68 Å². The van der Waals surface area contributed by atoms with Gasteiger partial charge >= 0.3 is 0 Å². The number of rotatable bonds is 3. The number of aryl methyl sites for hydroxylation is 1. The molecule has 3 heterocycles. The van der Waals surface area contributed by atoms with Crippen LogP contribution in [0.15, 0.2) is 44.3 Å². The average molecular weight is 474 g/mol. The maximum atomic E-state index is 13.5. The molecule has 0 bridgehead atoms. The zero-order valence-corrected chi connectivity index (χ0v) is 19.7. The number of hydrogen-bond donors (Lipinski definition) is 3. The summed E-state index contributed by atoms with van der Waals surface area (Å²) in [5.41, 5.74) is 3.88. The zero-order valence-electron chi connectivity index (χ0n) is 19.7. The van der Waals surface area contributed by atoms with E-state index in [4.69, 9.17) is 9.15 Å². The lowest BCUT2D eigenvalue weighted by Crippen LogP contribution is -2.13. The predicted molar refractivity (Wildman–Crippen MR) is 136 cm³/mol. The number of aromatic hydroxyl groups is 1. The minimum absolute atomic E-state index is 0.00705. The van der Waals surface area contributed by atoms with Gasteiger partial charge < -0.3 is 19.2 Å². The topological polar surface area (TPSA) is 113 Å². The van der Waals surface area contributed by atoms with Gasteiger partial charge in [0, 0.05) is 16.5 Å². The lowest BCUT2D eigenvalue weighted by atomic mass is 10.0. The Balaban J connectivity index is 1.76. The van der Waals surface area contributed by atoms with E-state index in [-0.39, 0.29) is 22.8 Å². The highest BCUT2D eigenvalue weighted by Crippen LogP contribution is 2.42. The molecule has 8 nitrogen and oxygen atoms in total. The minimum atomic E-state index is -0.217. The molecule has 5 aromatic rings. The first-order chi connectivity index (χ1) is 17.0. The first-order valence-corrected chi connectivity index (χ1v) is 12.1. The molecule has 3 aromatic heterocycles. The molecule has 0 unspecified atom stereocenters. The molecule has 180 valence electrons. The molecule has 0 atom stereocenters. The summed E-state index contributed by atoms with van der Waals surface area (Å²) in [6.45, 7) is 1.74. The fourth-order valence-electron chi connectivity index (χ4n) is 5.51. The molecule has 1 aliphatic rings. The third kappa shape index (κ3) is 3.27.